The van der Waals surface area contributed by atoms with E-state index in [0.29, 0.717) is 44.6 Å². The molecule has 0 radical (unpaired) electrons. The first-order valence-corrected chi connectivity index (χ1v) is 6.56. The van der Waals surface area contributed by atoms with E-state index in [1.54, 1.807) is 23.1 Å². The highest BCUT2D eigenvalue weighted by Gasteiger charge is 2.26. The van der Waals surface area contributed by atoms with Gasteiger partial charge in [-0.05, 0) is 19.0 Å². The highest BCUT2D eigenvalue weighted by Crippen LogP contribution is 2.24. The fraction of sp³-hybridized carbons (Fsp3) is 0.500. The number of hydrogen-bond acceptors (Lipinski definition) is 3. The topological polar surface area (TPSA) is 55.6 Å². The lowest BCUT2D eigenvalue weighted by molar-refractivity contribution is -0.139. The van der Waals surface area contributed by atoms with Crippen LogP contribution < -0.4 is 5.73 Å². The van der Waals surface area contributed by atoms with Crippen molar-refractivity contribution < 1.29 is 13.9 Å². The Morgan fingerprint density at radius 3 is 3.00 bits per heavy atom. The molecule has 4 nitrogen and oxygen atoms in total. The lowest BCUT2D eigenvalue weighted by Crippen LogP contribution is -2.42. The normalized spacial score (nSPS) is 19.5. The quantitative estimate of drug-likeness (QED) is 0.897. The zero-order valence-electron chi connectivity index (χ0n) is 10.8. The number of carbonyl (C=O) groups is 1. The van der Waals surface area contributed by atoms with Gasteiger partial charge in [0, 0.05) is 18.5 Å². The number of nitrogens with two attached hydrogens (primary N) is 1. The molecule has 1 aromatic carbocycles. The van der Waals surface area contributed by atoms with Gasteiger partial charge >= 0.3 is 0 Å². The van der Waals surface area contributed by atoms with Gasteiger partial charge in [0.05, 0.1) is 13.2 Å². The maximum Gasteiger partial charge on any atom is 0.222 e. The molecule has 0 aliphatic carbocycles. The molecule has 0 aromatic heterocycles. The van der Waals surface area contributed by atoms with Crippen molar-refractivity contribution in [1.82, 2.24) is 4.90 Å². The maximum absolute atomic E-state index is 13.7. The van der Waals surface area contributed by atoms with Crippen molar-refractivity contribution in [2.75, 3.05) is 26.2 Å². The minimum absolute atomic E-state index is 0.0649. The summed E-state index contributed by atoms with van der Waals surface area (Å²) >= 11 is 0. The Morgan fingerprint density at radius 1 is 1.47 bits per heavy atom. The summed E-state index contributed by atoms with van der Waals surface area (Å²) in [5.74, 6) is -0.223. The number of morpholine rings is 1. The van der Waals surface area contributed by atoms with Crippen LogP contribution >= 0.6 is 0 Å². The van der Waals surface area contributed by atoms with Gasteiger partial charge in [-0.15, -0.1) is 0 Å². The second-order valence-electron chi connectivity index (χ2n) is 4.61. The summed E-state index contributed by atoms with van der Waals surface area (Å²) in [5.41, 5.74) is 5.91. The van der Waals surface area contributed by atoms with Crippen molar-refractivity contribution in [3.63, 3.8) is 0 Å². The van der Waals surface area contributed by atoms with Gasteiger partial charge in [0.15, 0.2) is 0 Å². The van der Waals surface area contributed by atoms with Crippen LogP contribution in [0, 0.1) is 5.82 Å². The third-order valence-corrected chi connectivity index (χ3v) is 3.27. The maximum atomic E-state index is 13.7. The summed E-state index contributed by atoms with van der Waals surface area (Å²) in [4.78, 5) is 13.7. The molecule has 1 saturated heterocycles. The van der Waals surface area contributed by atoms with E-state index in [1.807, 2.05) is 0 Å². The molecular weight excluding hydrogens is 247 g/mol. The van der Waals surface area contributed by atoms with Crippen LogP contribution in [-0.4, -0.2) is 37.0 Å². The van der Waals surface area contributed by atoms with E-state index in [2.05, 4.69) is 0 Å². The average molecular weight is 266 g/mol. The smallest absolute Gasteiger partial charge is 0.222 e. The van der Waals surface area contributed by atoms with Crippen LogP contribution in [0.25, 0.3) is 0 Å². The van der Waals surface area contributed by atoms with Crippen LogP contribution in [0.2, 0.25) is 0 Å². The number of hydrogen-bond donors (Lipinski definition) is 1. The van der Waals surface area contributed by atoms with E-state index in [1.165, 1.54) is 6.07 Å². The van der Waals surface area contributed by atoms with Gasteiger partial charge in [0.2, 0.25) is 5.91 Å². The van der Waals surface area contributed by atoms with Crippen LogP contribution in [0.3, 0.4) is 0 Å². The molecule has 2 N–H and O–H groups in total. The number of amides is 1. The second-order valence-corrected chi connectivity index (χ2v) is 4.61. The van der Waals surface area contributed by atoms with Gasteiger partial charge < -0.3 is 15.4 Å². The molecule has 0 bridgehead atoms. The van der Waals surface area contributed by atoms with Gasteiger partial charge in [-0.3, -0.25) is 4.79 Å². The molecule has 104 valence electrons. The first-order valence-electron chi connectivity index (χ1n) is 6.56. The van der Waals surface area contributed by atoms with Gasteiger partial charge in [-0.2, -0.15) is 0 Å². The lowest BCUT2D eigenvalue weighted by atomic mass is 10.1. The molecule has 2 rings (SSSR count). The van der Waals surface area contributed by atoms with E-state index < -0.39 is 0 Å². The highest BCUT2D eigenvalue weighted by molar-refractivity contribution is 5.76. The third kappa shape index (κ3) is 3.52. The number of carbonyl (C=O) groups excluding carboxylic acids is 1. The van der Waals surface area contributed by atoms with E-state index >= 15 is 0 Å². The predicted octanol–water partition coefficient (Wildman–Crippen LogP) is 1.46. The summed E-state index contributed by atoms with van der Waals surface area (Å²) in [6, 6.07) is 6.53. The van der Waals surface area contributed by atoms with Crippen LogP contribution in [0.15, 0.2) is 24.3 Å². The molecule has 1 aliphatic heterocycles. The summed E-state index contributed by atoms with van der Waals surface area (Å²) in [6.45, 7) is 1.92. The SMILES string of the molecule is NCCCC(=O)N1CCOC(c2ccccc2F)C1. The first-order chi connectivity index (χ1) is 9.22. The van der Waals surface area contributed by atoms with E-state index in [0.717, 1.165) is 0 Å². The number of halogens is 1. The Hall–Kier alpha value is -1.46. The molecule has 1 aliphatic rings. The molecule has 1 unspecified atom stereocenters. The Labute approximate surface area is 112 Å². The van der Waals surface area contributed by atoms with Crippen molar-refractivity contribution in [2.45, 2.75) is 18.9 Å². The zero-order chi connectivity index (χ0) is 13.7. The van der Waals surface area contributed by atoms with Crippen molar-refractivity contribution in [3.8, 4) is 0 Å². The fourth-order valence-corrected chi connectivity index (χ4v) is 2.21. The Kier molecular flexibility index (Phi) is 4.87. The monoisotopic (exact) mass is 266 g/mol. The van der Waals surface area contributed by atoms with E-state index in [9.17, 15) is 9.18 Å². The van der Waals surface area contributed by atoms with Gasteiger partial charge in [-0.25, -0.2) is 4.39 Å². The second kappa shape index (κ2) is 6.63. The van der Waals surface area contributed by atoms with E-state index in [-0.39, 0.29) is 17.8 Å². The summed E-state index contributed by atoms with van der Waals surface area (Å²) < 4.78 is 19.3. The Balaban J connectivity index is 2.01. The number of nitrogens with zero attached hydrogens (tertiary/aromatic N) is 1. The largest absolute Gasteiger partial charge is 0.370 e. The Morgan fingerprint density at radius 2 is 2.26 bits per heavy atom. The Bertz CT molecular complexity index is 439. The molecule has 1 fully saturated rings. The average Bonchev–Trinajstić information content (AvgIpc) is 2.45. The lowest BCUT2D eigenvalue weighted by Gasteiger charge is -2.33. The standard InChI is InChI=1S/C14H19FN2O2/c15-12-5-2-1-4-11(12)13-10-17(8-9-19-13)14(18)6-3-7-16/h1-2,4-5,13H,3,6-10,16H2. The van der Waals surface area contributed by atoms with Gasteiger partial charge in [-0.1, -0.05) is 18.2 Å². The summed E-state index contributed by atoms with van der Waals surface area (Å²) in [7, 11) is 0. The molecule has 19 heavy (non-hydrogen) atoms. The fourth-order valence-electron chi connectivity index (χ4n) is 2.21. The van der Waals surface area contributed by atoms with Crippen LogP contribution in [0.1, 0.15) is 24.5 Å². The van der Waals surface area contributed by atoms with Gasteiger partial charge in [0.1, 0.15) is 11.9 Å². The van der Waals surface area contributed by atoms with Crippen molar-refractivity contribution >= 4 is 5.91 Å². The van der Waals surface area contributed by atoms with Crippen LogP contribution in [0.4, 0.5) is 4.39 Å². The molecule has 1 heterocycles. The molecule has 5 heteroatoms. The number of benzene rings is 1. The molecule has 1 atom stereocenters. The summed E-state index contributed by atoms with van der Waals surface area (Å²) in [5, 5.41) is 0. The number of rotatable bonds is 4. The van der Waals surface area contributed by atoms with Crippen molar-refractivity contribution in [3.05, 3.63) is 35.6 Å². The van der Waals surface area contributed by atoms with Crippen molar-refractivity contribution in [2.24, 2.45) is 5.73 Å². The summed E-state index contributed by atoms with van der Waals surface area (Å²) in [6.07, 6.45) is 0.748. The molecule has 0 spiro atoms. The van der Waals surface area contributed by atoms with Crippen LogP contribution in [0.5, 0.6) is 0 Å². The van der Waals surface area contributed by atoms with E-state index in [4.69, 9.17) is 10.5 Å². The minimum atomic E-state index is -0.378. The minimum Gasteiger partial charge on any atom is -0.370 e. The molecule has 1 aromatic rings. The predicted molar refractivity (Wildman–Crippen MR) is 70.0 cm³/mol. The third-order valence-electron chi connectivity index (χ3n) is 3.27. The van der Waals surface area contributed by atoms with Gasteiger partial charge in [0.25, 0.3) is 0 Å². The molecule has 0 saturated carbocycles. The van der Waals surface area contributed by atoms with Crippen LogP contribution in [-0.2, 0) is 9.53 Å². The number of ether oxygens (including phenoxy) is 1. The van der Waals surface area contributed by atoms with Crippen molar-refractivity contribution in [1.29, 1.82) is 0 Å². The first kappa shape index (κ1) is 14.0. The molecular formula is C14H19FN2O2. The molecule has 1 amide bonds. The zero-order valence-corrected chi connectivity index (χ0v) is 10.8. The highest BCUT2D eigenvalue weighted by atomic mass is 19.1.